The number of nitrogens with two attached hydrogens (primary N) is 1. The summed E-state index contributed by atoms with van der Waals surface area (Å²) in [7, 11) is 0. The Morgan fingerprint density at radius 3 is 2.67 bits per heavy atom. The lowest BCUT2D eigenvalue weighted by Crippen LogP contribution is -2.13. The van der Waals surface area contributed by atoms with Gasteiger partial charge in [-0.25, -0.2) is 4.98 Å². The van der Waals surface area contributed by atoms with Crippen LogP contribution in [0.2, 0.25) is 5.02 Å². The van der Waals surface area contributed by atoms with E-state index in [2.05, 4.69) is 4.40 Å². The third kappa shape index (κ3) is 2.64. The molecule has 2 aromatic heterocycles. The van der Waals surface area contributed by atoms with Crippen LogP contribution in [-0.4, -0.2) is 14.4 Å². The largest absolute Gasteiger partial charge is 0.393 e. The summed E-state index contributed by atoms with van der Waals surface area (Å²) in [5.74, 6) is 0. The maximum Gasteiger partial charge on any atom is 0.140 e. The third-order valence-electron chi connectivity index (χ3n) is 3.40. The number of aromatic nitrogens is 2. The van der Waals surface area contributed by atoms with Gasteiger partial charge >= 0.3 is 0 Å². The summed E-state index contributed by atoms with van der Waals surface area (Å²) >= 11 is 11.0. The van der Waals surface area contributed by atoms with Crippen molar-refractivity contribution in [2.75, 3.05) is 0 Å². The molecule has 0 saturated heterocycles. The highest BCUT2D eigenvalue weighted by molar-refractivity contribution is 7.80. The minimum atomic E-state index is 0.452. The molecule has 0 amide bonds. The van der Waals surface area contributed by atoms with E-state index in [1.807, 2.05) is 49.5 Å². The van der Waals surface area contributed by atoms with Crippen molar-refractivity contribution in [1.29, 1.82) is 0 Å². The zero-order chi connectivity index (χ0) is 15.0. The fraction of sp³-hybridized carbons (Fsp3) is 0.125. The number of imidazole rings is 1. The molecular weight excluding hydrogens is 302 g/mol. The third-order valence-corrected chi connectivity index (χ3v) is 3.80. The molecule has 0 spiro atoms. The monoisotopic (exact) mass is 315 g/mol. The van der Waals surface area contributed by atoms with E-state index in [-0.39, 0.29) is 0 Å². The maximum absolute atomic E-state index is 5.96. The van der Waals surface area contributed by atoms with Gasteiger partial charge in [0, 0.05) is 23.2 Å². The van der Waals surface area contributed by atoms with E-state index in [0.717, 1.165) is 28.2 Å². The normalized spacial score (nSPS) is 11.0. The minimum Gasteiger partial charge on any atom is -0.393 e. The quantitative estimate of drug-likeness (QED) is 0.748. The van der Waals surface area contributed by atoms with Crippen LogP contribution in [0.1, 0.15) is 11.3 Å². The fourth-order valence-electron chi connectivity index (χ4n) is 2.43. The number of benzene rings is 1. The molecule has 106 valence electrons. The van der Waals surface area contributed by atoms with Crippen molar-refractivity contribution in [3.63, 3.8) is 0 Å². The summed E-state index contributed by atoms with van der Waals surface area (Å²) in [5.41, 5.74) is 10.7. The van der Waals surface area contributed by atoms with Crippen LogP contribution in [0.15, 0.2) is 42.6 Å². The van der Waals surface area contributed by atoms with Crippen molar-refractivity contribution in [1.82, 2.24) is 9.38 Å². The first-order chi connectivity index (χ1) is 10.1. The van der Waals surface area contributed by atoms with Gasteiger partial charge in [0.15, 0.2) is 0 Å². The Hall–Kier alpha value is -1.91. The van der Waals surface area contributed by atoms with Crippen LogP contribution >= 0.6 is 23.8 Å². The van der Waals surface area contributed by atoms with E-state index in [1.165, 1.54) is 0 Å². The van der Waals surface area contributed by atoms with Crippen molar-refractivity contribution in [2.24, 2.45) is 5.73 Å². The van der Waals surface area contributed by atoms with E-state index in [4.69, 9.17) is 34.5 Å². The van der Waals surface area contributed by atoms with E-state index >= 15 is 0 Å². The molecule has 3 nitrogen and oxygen atoms in total. The van der Waals surface area contributed by atoms with E-state index in [9.17, 15) is 0 Å². The Morgan fingerprint density at radius 1 is 1.29 bits per heavy atom. The van der Waals surface area contributed by atoms with Crippen molar-refractivity contribution >= 4 is 34.5 Å². The molecule has 0 aliphatic carbocycles. The van der Waals surface area contributed by atoms with Gasteiger partial charge < -0.3 is 10.1 Å². The van der Waals surface area contributed by atoms with Gasteiger partial charge in [-0.3, -0.25) is 0 Å². The molecule has 2 heterocycles. The summed E-state index contributed by atoms with van der Waals surface area (Å²) in [6, 6.07) is 11.7. The van der Waals surface area contributed by atoms with Crippen LogP contribution in [-0.2, 0) is 6.42 Å². The number of halogens is 1. The minimum absolute atomic E-state index is 0.452. The smallest absolute Gasteiger partial charge is 0.140 e. The molecule has 3 aromatic rings. The SMILES string of the molecule is Cc1cccn2c(CC(N)=S)c(-c3ccc(Cl)cc3)nc12. The Bertz CT molecular complexity index is 821. The molecule has 21 heavy (non-hydrogen) atoms. The maximum atomic E-state index is 5.96. The first kappa shape index (κ1) is 14.0. The number of hydrogen-bond acceptors (Lipinski definition) is 2. The van der Waals surface area contributed by atoms with Crippen LogP contribution in [0.25, 0.3) is 16.9 Å². The zero-order valence-corrected chi connectivity index (χ0v) is 13.1. The molecular formula is C16H14ClN3S. The van der Waals surface area contributed by atoms with Gasteiger partial charge in [-0.2, -0.15) is 0 Å². The number of pyridine rings is 1. The summed E-state index contributed by atoms with van der Waals surface area (Å²) in [6.45, 7) is 2.04. The van der Waals surface area contributed by atoms with Crippen LogP contribution in [0.5, 0.6) is 0 Å². The number of rotatable bonds is 3. The molecule has 0 fully saturated rings. The Balaban J connectivity index is 2.27. The summed E-state index contributed by atoms with van der Waals surface area (Å²) in [6.07, 6.45) is 2.50. The van der Waals surface area contributed by atoms with Gasteiger partial charge in [-0.15, -0.1) is 0 Å². The number of hydrogen-bond donors (Lipinski definition) is 1. The topological polar surface area (TPSA) is 43.3 Å². The number of nitrogens with zero attached hydrogens (tertiary/aromatic N) is 2. The van der Waals surface area contributed by atoms with Gasteiger partial charge in [0.1, 0.15) is 5.65 Å². The molecule has 5 heteroatoms. The Morgan fingerprint density at radius 2 is 2.00 bits per heavy atom. The van der Waals surface area contributed by atoms with Gasteiger partial charge in [0.2, 0.25) is 0 Å². The summed E-state index contributed by atoms with van der Waals surface area (Å²) in [4.78, 5) is 5.22. The number of fused-ring (bicyclic) bond motifs is 1. The van der Waals surface area contributed by atoms with Gasteiger partial charge in [-0.05, 0) is 30.7 Å². The second-order valence-corrected chi connectivity index (χ2v) is 5.90. The van der Waals surface area contributed by atoms with Crippen molar-refractivity contribution in [2.45, 2.75) is 13.3 Å². The second-order valence-electron chi connectivity index (χ2n) is 4.94. The molecule has 0 atom stereocenters. The molecule has 0 aliphatic rings. The van der Waals surface area contributed by atoms with Crippen molar-refractivity contribution in [3.8, 4) is 11.3 Å². The zero-order valence-electron chi connectivity index (χ0n) is 11.5. The molecule has 1 aromatic carbocycles. The van der Waals surface area contributed by atoms with E-state index < -0.39 is 0 Å². The predicted molar refractivity (Wildman–Crippen MR) is 90.9 cm³/mol. The first-order valence-electron chi connectivity index (χ1n) is 6.57. The molecule has 0 unspecified atom stereocenters. The highest BCUT2D eigenvalue weighted by Gasteiger charge is 2.15. The molecule has 0 radical (unpaired) electrons. The molecule has 0 bridgehead atoms. The van der Waals surface area contributed by atoms with Gasteiger partial charge in [0.25, 0.3) is 0 Å². The summed E-state index contributed by atoms with van der Waals surface area (Å²) in [5, 5.41) is 0.703. The average molecular weight is 316 g/mol. The van der Waals surface area contributed by atoms with Gasteiger partial charge in [0.05, 0.1) is 16.4 Å². The van der Waals surface area contributed by atoms with Crippen LogP contribution < -0.4 is 5.73 Å². The lowest BCUT2D eigenvalue weighted by molar-refractivity contribution is 1.06. The second kappa shape index (κ2) is 5.47. The summed E-state index contributed by atoms with van der Waals surface area (Å²) < 4.78 is 2.05. The molecule has 2 N–H and O–H groups in total. The standard InChI is InChI=1S/C16H14ClN3S/c1-10-3-2-8-20-13(9-14(18)21)15(19-16(10)20)11-4-6-12(17)7-5-11/h2-8H,9H2,1H3,(H2,18,21). The van der Waals surface area contributed by atoms with E-state index in [1.54, 1.807) is 0 Å². The van der Waals surface area contributed by atoms with Gasteiger partial charge in [-0.1, -0.05) is 42.0 Å². The lowest BCUT2D eigenvalue weighted by Gasteiger charge is -2.05. The van der Waals surface area contributed by atoms with Crippen LogP contribution in [0.3, 0.4) is 0 Å². The average Bonchev–Trinajstić information content (AvgIpc) is 2.80. The predicted octanol–water partition coefficient (Wildman–Crippen LogP) is 3.79. The Kier molecular flexibility index (Phi) is 3.66. The fourth-order valence-corrected chi connectivity index (χ4v) is 2.69. The van der Waals surface area contributed by atoms with Crippen LogP contribution in [0.4, 0.5) is 0 Å². The highest BCUT2D eigenvalue weighted by atomic mass is 35.5. The number of aryl methyl sites for hydroxylation is 1. The van der Waals surface area contributed by atoms with Crippen LogP contribution in [0, 0.1) is 6.92 Å². The Labute approximate surface area is 133 Å². The van der Waals surface area contributed by atoms with E-state index in [0.29, 0.717) is 16.4 Å². The lowest BCUT2D eigenvalue weighted by atomic mass is 10.1. The highest BCUT2D eigenvalue weighted by Crippen LogP contribution is 2.27. The van der Waals surface area contributed by atoms with Crippen molar-refractivity contribution in [3.05, 3.63) is 58.9 Å². The molecule has 0 aliphatic heterocycles. The molecule has 0 saturated carbocycles. The first-order valence-corrected chi connectivity index (χ1v) is 7.35. The van der Waals surface area contributed by atoms with Crippen molar-refractivity contribution < 1.29 is 0 Å². The molecule has 3 rings (SSSR count). The number of thiocarbonyl (C=S) groups is 1.